The zero-order valence-corrected chi connectivity index (χ0v) is 18.6. The molecule has 0 aliphatic heterocycles. The van der Waals surface area contributed by atoms with E-state index in [2.05, 4.69) is 10.6 Å². The highest BCUT2D eigenvalue weighted by molar-refractivity contribution is 6.10. The van der Waals surface area contributed by atoms with E-state index in [0.29, 0.717) is 45.8 Å². The van der Waals surface area contributed by atoms with E-state index in [-0.39, 0.29) is 11.5 Å². The van der Waals surface area contributed by atoms with E-state index in [4.69, 9.17) is 9.47 Å². The first-order chi connectivity index (χ1) is 16.4. The van der Waals surface area contributed by atoms with Crippen LogP contribution >= 0.6 is 0 Å². The summed E-state index contributed by atoms with van der Waals surface area (Å²) in [6.07, 6.45) is -1.36. The Balaban J connectivity index is 2.06. The summed E-state index contributed by atoms with van der Waals surface area (Å²) in [4.78, 5) is 24.6. The van der Waals surface area contributed by atoms with Crippen molar-refractivity contribution in [1.29, 1.82) is 0 Å². The molecule has 0 aliphatic rings. The second-order valence-corrected chi connectivity index (χ2v) is 7.45. The van der Waals surface area contributed by atoms with E-state index < -0.39 is 23.8 Å². The molecule has 0 aliphatic carbocycles. The van der Waals surface area contributed by atoms with Gasteiger partial charge in [-0.15, -0.1) is 0 Å². The monoisotopic (exact) mass is 464 g/mol. The van der Waals surface area contributed by atoms with Crippen LogP contribution in [0.15, 0.2) is 60.7 Å². The minimum absolute atomic E-state index is 0.169. The number of benzene rings is 4. The van der Waals surface area contributed by atoms with Gasteiger partial charge in [0.25, 0.3) is 0 Å². The molecule has 0 atom stereocenters. The average Bonchev–Trinajstić information content (AvgIpc) is 2.79. The lowest BCUT2D eigenvalue weighted by atomic mass is 9.92. The van der Waals surface area contributed by atoms with Crippen molar-refractivity contribution in [3.63, 3.8) is 0 Å². The van der Waals surface area contributed by atoms with E-state index in [0.717, 1.165) is 0 Å². The Morgan fingerprint density at radius 1 is 0.676 bits per heavy atom. The van der Waals surface area contributed by atoms with Crippen molar-refractivity contribution in [3.05, 3.63) is 72.3 Å². The lowest BCUT2D eigenvalue weighted by Gasteiger charge is -2.19. The van der Waals surface area contributed by atoms with Crippen LogP contribution in [-0.2, 0) is 0 Å². The number of rotatable bonds is 5. The number of carbonyl (C=O) groups is 2. The van der Waals surface area contributed by atoms with Crippen molar-refractivity contribution >= 4 is 33.7 Å². The van der Waals surface area contributed by atoms with Crippen molar-refractivity contribution in [2.24, 2.45) is 0 Å². The number of fused-ring (bicyclic) bond motifs is 2. The van der Waals surface area contributed by atoms with Gasteiger partial charge in [0, 0.05) is 24.2 Å². The van der Waals surface area contributed by atoms with Crippen LogP contribution in [0.25, 0.3) is 32.7 Å². The summed E-state index contributed by atoms with van der Waals surface area (Å²) in [5.74, 6) is -0.533. The molecule has 0 saturated heterocycles. The fraction of sp³-hybridized carbons (Fsp3) is 0.154. The van der Waals surface area contributed by atoms with E-state index in [1.165, 1.54) is 24.3 Å². The Bertz CT molecular complexity index is 1300. The summed E-state index contributed by atoms with van der Waals surface area (Å²) < 4.78 is 39.2. The molecule has 8 heteroatoms. The number of halogens is 2. The van der Waals surface area contributed by atoms with Gasteiger partial charge in [0.15, 0.2) is 0 Å². The van der Waals surface area contributed by atoms with Gasteiger partial charge in [0.1, 0.15) is 23.1 Å². The van der Waals surface area contributed by atoms with Crippen LogP contribution in [0.5, 0.6) is 11.5 Å². The minimum atomic E-state index is -0.678. The summed E-state index contributed by atoms with van der Waals surface area (Å²) in [5.41, 5.74) is 0.806. The van der Waals surface area contributed by atoms with E-state index >= 15 is 0 Å². The number of carbonyl (C=O) groups excluding carboxylic acids is 2. The Kier molecular flexibility index (Phi) is 6.58. The van der Waals surface area contributed by atoms with Crippen LogP contribution in [0.3, 0.4) is 0 Å². The first kappa shape index (κ1) is 23.0. The molecule has 4 aromatic carbocycles. The molecule has 4 rings (SSSR count). The normalized spacial score (nSPS) is 10.8. The summed E-state index contributed by atoms with van der Waals surface area (Å²) in [7, 11) is 0. The molecule has 174 valence electrons. The zero-order valence-electron chi connectivity index (χ0n) is 18.6. The third-order valence-corrected chi connectivity index (χ3v) is 5.18. The number of amides is 2. The van der Waals surface area contributed by atoms with Gasteiger partial charge in [0.2, 0.25) is 0 Å². The topological polar surface area (TPSA) is 76.7 Å². The van der Waals surface area contributed by atoms with Gasteiger partial charge in [-0.3, -0.25) is 0 Å². The molecule has 34 heavy (non-hydrogen) atoms. The molecule has 0 heterocycles. The van der Waals surface area contributed by atoms with E-state index in [1.807, 2.05) is 0 Å². The highest BCUT2D eigenvalue weighted by Crippen LogP contribution is 2.45. The van der Waals surface area contributed by atoms with Gasteiger partial charge in [-0.2, -0.15) is 0 Å². The van der Waals surface area contributed by atoms with Crippen molar-refractivity contribution < 1.29 is 27.8 Å². The van der Waals surface area contributed by atoms with E-state index in [9.17, 15) is 18.4 Å². The molecule has 0 saturated carbocycles. The van der Waals surface area contributed by atoms with Crippen molar-refractivity contribution in [1.82, 2.24) is 10.6 Å². The Morgan fingerprint density at radius 3 is 1.47 bits per heavy atom. The third kappa shape index (κ3) is 4.61. The fourth-order valence-corrected chi connectivity index (χ4v) is 3.81. The van der Waals surface area contributed by atoms with Crippen LogP contribution in [0.4, 0.5) is 18.4 Å². The van der Waals surface area contributed by atoms with Gasteiger partial charge >= 0.3 is 12.2 Å². The molecular weight excluding hydrogens is 442 g/mol. The highest BCUT2D eigenvalue weighted by atomic mass is 19.1. The molecular formula is C26H22F2N2O4. The van der Waals surface area contributed by atoms with Crippen LogP contribution in [0.2, 0.25) is 0 Å². The van der Waals surface area contributed by atoms with Crippen molar-refractivity contribution in [2.75, 3.05) is 13.1 Å². The molecule has 2 amide bonds. The molecule has 6 nitrogen and oxygen atoms in total. The molecule has 0 spiro atoms. The predicted molar refractivity (Wildman–Crippen MR) is 126 cm³/mol. The maximum Gasteiger partial charge on any atom is 0.412 e. The molecule has 0 unspecified atom stereocenters. The lowest BCUT2D eigenvalue weighted by Crippen LogP contribution is -2.27. The quantitative estimate of drug-likeness (QED) is 0.371. The standard InChI is InChI=1S/C26H22F2N2O4/c1-3-29-25(31)33-21-11-5-15-13-17(27)7-9-19(15)23(21)24-20-10-8-18(28)14-16(20)6-12-22(24)34-26(32)30-4-2/h5-14H,3-4H2,1-2H3,(H,29,31)(H,30,32). The summed E-state index contributed by atoms with van der Waals surface area (Å²) in [5, 5.41) is 7.34. The smallest absolute Gasteiger partial charge is 0.410 e. The molecule has 0 fully saturated rings. The van der Waals surface area contributed by atoms with Gasteiger partial charge in [0.05, 0.1) is 0 Å². The van der Waals surface area contributed by atoms with Crippen LogP contribution in [-0.4, -0.2) is 25.3 Å². The fourth-order valence-electron chi connectivity index (χ4n) is 3.81. The van der Waals surface area contributed by atoms with Gasteiger partial charge < -0.3 is 20.1 Å². The van der Waals surface area contributed by atoms with Crippen molar-refractivity contribution in [3.8, 4) is 22.6 Å². The van der Waals surface area contributed by atoms with Gasteiger partial charge in [-0.25, -0.2) is 18.4 Å². The largest absolute Gasteiger partial charge is 0.412 e. The molecule has 0 aromatic heterocycles. The van der Waals surface area contributed by atoms with Crippen LogP contribution < -0.4 is 20.1 Å². The number of nitrogens with one attached hydrogen (secondary N) is 2. The Hall–Kier alpha value is -4.20. The summed E-state index contributed by atoms with van der Waals surface area (Å²) in [6, 6.07) is 14.7. The highest BCUT2D eigenvalue weighted by Gasteiger charge is 2.22. The number of ether oxygens (including phenoxy) is 2. The van der Waals surface area contributed by atoms with Gasteiger partial charge in [-0.05, 0) is 71.8 Å². The van der Waals surface area contributed by atoms with Crippen LogP contribution in [0, 0.1) is 11.6 Å². The first-order valence-corrected chi connectivity index (χ1v) is 10.8. The third-order valence-electron chi connectivity index (χ3n) is 5.18. The summed E-state index contributed by atoms with van der Waals surface area (Å²) in [6.45, 7) is 4.21. The number of hydrogen-bond donors (Lipinski definition) is 2. The minimum Gasteiger partial charge on any atom is -0.410 e. The molecule has 4 aromatic rings. The average molecular weight is 464 g/mol. The lowest BCUT2D eigenvalue weighted by molar-refractivity contribution is 0.199. The molecule has 2 N–H and O–H groups in total. The molecule has 0 radical (unpaired) electrons. The SMILES string of the molecule is CCNC(=O)Oc1ccc2cc(F)ccc2c1-c1c(OC(=O)NCC)ccc2cc(F)ccc12. The Labute approximate surface area is 194 Å². The van der Waals surface area contributed by atoms with Gasteiger partial charge in [-0.1, -0.05) is 24.3 Å². The number of hydrogen-bond acceptors (Lipinski definition) is 4. The second kappa shape index (κ2) is 9.74. The zero-order chi connectivity index (χ0) is 24.2. The second-order valence-electron chi connectivity index (χ2n) is 7.45. The Morgan fingerprint density at radius 2 is 1.09 bits per heavy atom. The molecule has 0 bridgehead atoms. The van der Waals surface area contributed by atoms with Crippen LogP contribution in [0.1, 0.15) is 13.8 Å². The maximum atomic E-state index is 14.0. The first-order valence-electron chi connectivity index (χ1n) is 10.8. The summed E-state index contributed by atoms with van der Waals surface area (Å²) >= 11 is 0. The van der Waals surface area contributed by atoms with E-state index in [1.54, 1.807) is 50.2 Å². The van der Waals surface area contributed by atoms with Crippen molar-refractivity contribution in [2.45, 2.75) is 13.8 Å². The predicted octanol–water partition coefficient (Wildman–Crippen LogP) is 6.15. The maximum absolute atomic E-state index is 14.0.